The van der Waals surface area contributed by atoms with Gasteiger partial charge in [0.15, 0.2) is 11.5 Å². The first-order chi connectivity index (χ1) is 11.4. The van der Waals surface area contributed by atoms with E-state index >= 15 is 0 Å². The molecule has 0 bridgehead atoms. The highest BCUT2D eigenvalue weighted by Gasteiger charge is 2.16. The Hall–Kier alpha value is -2.00. The Morgan fingerprint density at radius 1 is 0.917 bits per heavy atom. The lowest BCUT2D eigenvalue weighted by Crippen LogP contribution is -2.16. The largest absolute Gasteiger partial charge is 0.493 e. The van der Waals surface area contributed by atoms with E-state index in [-0.39, 0.29) is 11.3 Å². The SMILES string of the molecule is COc1ccc(CC(CN)c2ccc(C(C)(C)C)cc2)cc1OC. The summed E-state index contributed by atoms with van der Waals surface area (Å²) in [7, 11) is 3.31. The van der Waals surface area contributed by atoms with Crippen LogP contribution >= 0.6 is 0 Å². The molecule has 2 N–H and O–H groups in total. The molecule has 0 aliphatic rings. The predicted molar refractivity (Wildman–Crippen MR) is 100 cm³/mol. The summed E-state index contributed by atoms with van der Waals surface area (Å²) >= 11 is 0. The fraction of sp³-hybridized carbons (Fsp3) is 0.429. The Balaban J connectivity index is 2.20. The van der Waals surface area contributed by atoms with Gasteiger partial charge in [0, 0.05) is 5.92 Å². The first-order valence-corrected chi connectivity index (χ1v) is 8.40. The van der Waals surface area contributed by atoms with Crippen LogP contribution in [-0.4, -0.2) is 20.8 Å². The van der Waals surface area contributed by atoms with Crippen LogP contribution in [0.25, 0.3) is 0 Å². The van der Waals surface area contributed by atoms with E-state index in [1.807, 2.05) is 12.1 Å². The Kier molecular flexibility index (Phi) is 5.89. The van der Waals surface area contributed by atoms with Crippen LogP contribution in [0, 0.1) is 0 Å². The topological polar surface area (TPSA) is 44.5 Å². The van der Waals surface area contributed by atoms with Crippen molar-refractivity contribution < 1.29 is 9.47 Å². The van der Waals surface area contributed by atoms with Crippen LogP contribution in [0.15, 0.2) is 42.5 Å². The molecule has 0 aromatic heterocycles. The van der Waals surface area contributed by atoms with Gasteiger partial charge in [0.2, 0.25) is 0 Å². The fourth-order valence-electron chi connectivity index (χ4n) is 2.88. The van der Waals surface area contributed by atoms with E-state index in [9.17, 15) is 0 Å². The van der Waals surface area contributed by atoms with Crippen molar-refractivity contribution in [2.24, 2.45) is 5.73 Å². The Bertz CT molecular complexity index is 657. The van der Waals surface area contributed by atoms with Crippen LogP contribution < -0.4 is 15.2 Å². The van der Waals surface area contributed by atoms with Crippen LogP contribution in [0.2, 0.25) is 0 Å². The van der Waals surface area contributed by atoms with Gasteiger partial charge in [0.25, 0.3) is 0 Å². The Morgan fingerprint density at radius 2 is 1.54 bits per heavy atom. The smallest absolute Gasteiger partial charge is 0.160 e. The summed E-state index contributed by atoms with van der Waals surface area (Å²) in [6.07, 6.45) is 0.881. The number of methoxy groups -OCH3 is 2. The second-order valence-corrected chi connectivity index (χ2v) is 7.20. The summed E-state index contributed by atoms with van der Waals surface area (Å²) < 4.78 is 10.7. The number of nitrogens with two attached hydrogens (primary N) is 1. The number of hydrogen-bond acceptors (Lipinski definition) is 3. The number of ether oxygens (including phenoxy) is 2. The van der Waals surface area contributed by atoms with E-state index in [4.69, 9.17) is 15.2 Å². The second kappa shape index (κ2) is 7.71. The molecule has 2 aromatic rings. The van der Waals surface area contributed by atoms with Gasteiger partial charge in [-0.05, 0) is 47.2 Å². The maximum Gasteiger partial charge on any atom is 0.160 e. The lowest BCUT2D eigenvalue weighted by Gasteiger charge is -2.21. The van der Waals surface area contributed by atoms with Crippen molar-refractivity contribution in [3.63, 3.8) is 0 Å². The summed E-state index contributed by atoms with van der Waals surface area (Å²) in [4.78, 5) is 0. The maximum absolute atomic E-state index is 6.05. The van der Waals surface area contributed by atoms with Gasteiger partial charge in [-0.2, -0.15) is 0 Å². The molecule has 130 valence electrons. The second-order valence-electron chi connectivity index (χ2n) is 7.20. The molecule has 0 saturated carbocycles. The van der Waals surface area contributed by atoms with Gasteiger partial charge in [-0.1, -0.05) is 51.1 Å². The van der Waals surface area contributed by atoms with Gasteiger partial charge in [0.05, 0.1) is 14.2 Å². The number of hydrogen-bond donors (Lipinski definition) is 1. The van der Waals surface area contributed by atoms with Crippen molar-refractivity contribution in [1.82, 2.24) is 0 Å². The van der Waals surface area contributed by atoms with Crippen LogP contribution in [0.4, 0.5) is 0 Å². The Labute approximate surface area is 145 Å². The normalized spacial score (nSPS) is 12.8. The zero-order valence-electron chi connectivity index (χ0n) is 15.4. The highest BCUT2D eigenvalue weighted by Crippen LogP contribution is 2.30. The molecule has 3 heteroatoms. The van der Waals surface area contributed by atoms with Gasteiger partial charge < -0.3 is 15.2 Å². The molecule has 0 heterocycles. The number of benzene rings is 2. The van der Waals surface area contributed by atoms with Crippen LogP contribution in [0.1, 0.15) is 43.4 Å². The lowest BCUT2D eigenvalue weighted by atomic mass is 9.84. The molecule has 0 amide bonds. The van der Waals surface area contributed by atoms with Crippen LogP contribution in [-0.2, 0) is 11.8 Å². The van der Waals surface area contributed by atoms with Gasteiger partial charge in [-0.3, -0.25) is 0 Å². The molecule has 0 saturated heterocycles. The molecule has 0 fully saturated rings. The molecule has 3 nitrogen and oxygen atoms in total. The van der Waals surface area contributed by atoms with Gasteiger partial charge in [-0.25, -0.2) is 0 Å². The average Bonchev–Trinajstić information content (AvgIpc) is 2.58. The monoisotopic (exact) mass is 327 g/mol. The van der Waals surface area contributed by atoms with Crippen molar-refractivity contribution in [1.29, 1.82) is 0 Å². The first kappa shape index (κ1) is 18.3. The number of rotatable bonds is 6. The minimum absolute atomic E-state index is 0.167. The van der Waals surface area contributed by atoms with E-state index < -0.39 is 0 Å². The van der Waals surface area contributed by atoms with Gasteiger partial charge in [0.1, 0.15) is 0 Å². The molecule has 0 aliphatic heterocycles. The van der Waals surface area contributed by atoms with E-state index in [1.165, 1.54) is 16.7 Å². The highest BCUT2D eigenvalue weighted by molar-refractivity contribution is 5.43. The van der Waals surface area contributed by atoms with Gasteiger partial charge >= 0.3 is 0 Å². The lowest BCUT2D eigenvalue weighted by molar-refractivity contribution is 0.354. The first-order valence-electron chi connectivity index (χ1n) is 8.40. The van der Waals surface area contributed by atoms with E-state index in [0.717, 1.165) is 17.9 Å². The molecule has 0 spiro atoms. The molecule has 24 heavy (non-hydrogen) atoms. The molecule has 1 atom stereocenters. The van der Waals surface area contributed by atoms with Crippen molar-refractivity contribution in [3.8, 4) is 11.5 Å². The molecule has 2 aromatic carbocycles. The van der Waals surface area contributed by atoms with E-state index in [1.54, 1.807) is 14.2 Å². The van der Waals surface area contributed by atoms with E-state index in [2.05, 4.69) is 51.1 Å². The average molecular weight is 327 g/mol. The molecular formula is C21H29NO2. The highest BCUT2D eigenvalue weighted by atomic mass is 16.5. The summed E-state index contributed by atoms with van der Waals surface area (Å²) in [6, 6.07) is 14.9. The van der Waals surface area contributed by atoms with Crippen molar-refractivity contribution in [2.45, 2.75) is 38.5 Å². The van der Waals surface area contributed by atoms with Crippen LogP contribution in [0.3, 0.4) is 0 Å². The molecule has 1 unspecified atom stereocenters. The molecule has 0 radical (unpaired) electrons. The summed E-state index contributed by atoms with van der Waals surface area (Å²) in [5.74, 6) is 1.80. The standard InChI is InChI=1S/C21H29NO2/c1-21(2,3)18-9-7-16(8-10-18)17(14-22)12-15-6-11-19(23-4)20(13-15)24-5/h6-11,13,17H,12,14,22H2,1-5H3. The minimum atomic E-state index is 0.167. The molecule has 0 aliphatic carbocycles. The molecular weight excluding hydrogens is 298 g/mol. The third-order valence-corrected chi connectivity index (χ3v) is 4.46. The molecule has 2 rings (SSSR count). The minimum Gasteiger partial charge on any atom is -0.493 e. The third kappa shape index (κ3) is 4.30. The van der Waals surface area contributed by atoms with E-state index in [0.29, 0.717) is 6.54 Å². The third-order valence-electron chi connectivity index (χ3n) is 4.46. The summed E-state index contributed by atoms with van der Waals surface area (Å²) in [6.45, 7) is 7.30. The quantitative estimate of drug-likeness (QED) is 0.861. The van der Waals surface area contributed by atoms with Gasteiger partial charge in [-0.15, -0.1) is 0 Å². The van der Waals surface area contributed by atoms with Crippen molar-refractivity contribution in [2.75, 3.05) is 20.8 Å². The summed E-state index contributed by atoms with van der Waals surface area (Å²) in [5, 5.41) is 0. The zero-order chi connectivity index (χ0) is 17.7. The maximum atomic E-state index is 6.05. The van der Waals surface area contributed by atoms with Crippen molar-refractivity contribution in [3.05, 3.63) is 59.2 Å². The Morgan fingerprint density at radius 3 is 2.04 bits per heavy atom. The fourth-order valence-corrected chi connectivity index (χ4v) is 2.88. The van der Waals surface area contributed by atoms with Crippen molar-refractivity contribution >= 4 is 0 Å². The van der Waals surface area contributed by atoms with Crippen LogP contribution in [0.5, 0.6) is 11.5 Å². The summed E-state index contributed by atoms with van der Waals surface area (Å²) in [5.41, 5.74) is 10.0. The zero-order valence-corrected chi connectivity index (χ0v) is 15.4. The predicted octanol–water partition coefficient (Wildman–Crippen LogP) is 4.29.